The molecular formula is H7GaHgInK. The molecule has 4 heteroatoms. The van der Waals surface area contributed by atoms with Gasteiger partial charge in [0, 0.05) is 27.7 Å². The van der Waals surface area contributed by atoms with Crippen LogP contribution in [0.15, 0.2) is 0 Å². The van der Waals surface area contributed by atoms with E-state index in [1.165, 1.54) is 0 Å². The molecule has 0 rings (SSSR count). The van der Waals surface area contributed by atoms with Gasteiger partial charge in [0.05, 0.1) is 0 Å². The third kappa shape index (κ3) is 9.42. The fraction of sp³-hybridized carbons (Fsp3) is 0. The summed E-state index contributed by atoms with van der Waals surface area (Å²) in [6.45, 7) is 0. The van der Waals surface area contributed by atoms with Gasteiger partial charge in [0.2, 0.25) is 0 Å². The summed E-state index contributed by atoms with van der Waals surface area (Å²) in [4.78, 5) is 0. The van der Waals surface area contributed by atoms with E-state index < -0.39 is 0 Å². The summed E-state index contributed by atoms with van der Waals surface area (Å²) >= 11 is 0. The first-order valence-electron chi connectivity index (χ1n) is 0. The van der Waals surface area contributed by atoms with Gasteiger partial charge in [-0.1, -0.05) is 0 Å². The Balaban J connectivity index is 0. The van der Waals surface area contributed by atoms with Gasteiger partial charge in [-0.15, -0.1) is 0 Å². The minimum Gasteiger partial charge on any atom is 1.00 e. The maximum atomic E-state index is 0. The van der Waals surface area contributed by atoms with Crippen molar-refractivity contribution in [2.75, 3.05) is 0 Å². The molecule has 0 radical (unpaired) electrons. The maximum Gasteiger partial charge on any atom is 1.00 e. The topological polar surface area (TPSA) is 0 Å². The van der Waals surface area contributed by atoms with Crippen molar-refractivity contribution in [1.29, 1.82) is 0 Å². The zero-order chi connectivity index (χ0) is 0. The fourth-order valence-corrected chi connectivity index (χ4v) is 0. The van der Waals surface area contributed by atoms with Crippen LogP contribution in [0.1, 0.15) is 1.43 Å². The van der Waals surface area contributed by atoms with Gasteiger partial charge in [0.1, 0.15) is 0 Å². The van der Waals surface area contributed by atoms with Gasteiger partial charge in [0.25, 0.3) is 0 Å². The Morgan fingerprint density at radius 3 is 1.25 bits per heavy atom. The van der Waals surface area contributed by atoms with E-state index in [2.05, 4.69) is 0 Å². The van der Waals surface area contributed by atoms with Crippen molar-refractivity contribution in [2.24, 2.45) is 0 Å². The minimum absolute atomic E-state index is 0. The Labute approximate surface area is 122 Å². The quantitative estimate of drug-likeness (QED) is 0.337. The Bertz CT molecular complexity index is 11.6. The molecule has 0 N–H and O–H groups in total. The van der Waals surface area contributed by atoms with Crippen LogP contribution in [0.4, 0.5) is 0 Å². The van der Waals surface area contributed by atoms with E-state index in [-0.39, 0.29) is 126 Å². The van der Waals surface area contributed by atoms with Crippen LogP contribution in [-0.2, 0) is 27.7 Å². The molecule has 16 valence electrons. The van der Waals surface area contributed by atoms with Crippen LogP contribution in [0.5, 0.6) is 0 Å². The predicted octanol–water partition coefficient (Wildman–Crippen LogP) is -5.25. The SMILES string of the molecule is [GaH3].[H-].[Hg].[InH3].[K+]. The molecule has 0 nitrogen and oxygen atoms in total. The Morgan fingerprint density at radius 1 is 1.25 bits per heavy atom. The molecule has 0 amide bonds. The number of hydrogen-bond donors (Lipinski definition) is 0. The summed E-state index contributed by atoms with van der Waals surface area (Å²) in [7, 11) is 0. The van der Waals surface area contributed by atoms with Crippen LogP contribution in [-0.4, -0.2) is 45.6 Å². The summed E-state index contributed by atoms with van der Waals surface area (Å²) in [6, 6.07) is 0. The Morgan fingerprint density at radius 2 is 1.25 bits per heavy atom. The zero-order valence-electron chi connectivity index (χ0n) is 2.71. The molecule has 0 aliphatic rings. The van der Waals surface area contributed by atoms with E-state index in [4.69, 9.17) is 0 Å². The second-order valence-electron chi connectivity index (χ2n) is 0. The Kier molecular flexibility index (Phi) is 95.7. The monoisotopic (exact) mass is 432 g/mol. The standard InChI is InChI=1S/Ga.Hg.In.K.7H/q;;;+1;;;;;;;-1. The summed E-state index contributed by atoms with van der Waals surface area (Å²) < 4.78 is 0. The summed E-state index contributed by atoms with van der Waals surface area (Å²) in [5.74, 6) is 0. The molecule has 0 heterocycles. The number of rotatable bonds is 0. The van der Waals surface area contributed by atoms with Crippen LogP contribution in [0.25, 0.3) is 0 Å². The maximum absolute atomic E-state index is 0. The second-order valence-corrected chi connectivity index (χ2v) is 0. The van der Waals surface area contributed by atoms with Crippen molar-refractivity contribution in [3.8, 4) is 0 Å². The van der Waals surface area contributed by atoms with E-state index in [0.717, 1.165) is 0 Å². The van der Waals surface area contributed by atoms with E-state index in [1.807, 2.05) is 0 Å². The molecule has 0 aliphatic heterocycles. The first-order chi connectivity index (χ1) is 0. The summed E-state index contributed by atoms with van der Waals surface area (Å²) in [6.07, 6.45) is 0. The molecule has 0 unspecified atom stereocenters. The van der Waals surface area contributed by atoms with Crippen molar-refractivity contribution >= 4 is 45.6 Å². The van der Waals surface area contributed by atoms with Crippen molar-refractivity contribution < 1.29 is 80.5 Å². The van der Waals surface area contributed by atoms with Gasteiger partial charge in [-0.3, -0.25) is 0 Å². The van der Waals surface area contributed by atoms with Crippen LogP contribution < -0.4 is 51.4 Å². The van der Waals surface area contributed by atoms with Crippen molar-refractivity contribution in [3.05, 3.63) is 0 Å². The van der Waals surface area contributed by atoms with Gasteiger partial charge >= 0.3 is 97.0 Å². The average molecular weight is 431 g/mol. The third-order valence-corrected chi connectivity index (χ3v) is 0. The Hall–Kier alpha value is 4.08. The molecule has 0 aliphatic carbocycles. The summed E-state index contributed by atoms with van der Waals surface area (Å²) in [5.41, 5.74) is 0. The molecule has 0 bridgehead atoms. The zero-order valence-corrected chi connectivity index (χ0v) is 10.3. The van der Waals surface area contributed by atoms with E-state index in [1.54, 1.807) is 0 Å². The van der Waals surface area contributed by atoms with Crippen LogP contribution in [0, 0.1) is 0 Å². The fourth-order valence-electron chi connectivity index (χ4n) is 0. The van der Waals surface area contributed by atoms with Crippen molar-refractivity contribution in [2.45, 2.75) is 0 Å². The van der Waals surface area contributed by atoms with E-state index >= 15 is 0 Å². The molecule has 4 heavy (non-hydrogen) atoms. The molecular weight excluding hydrogens is 424 g/mol. The van der Waals surface area contributed by atoms with Crippen LogP contribution in [0.2, 0.25) is 0 Å². The average Bonchev–Trinajstić information content (AvgIpc) is 0. The summed E-state index contributed by atoms with van der Waals surface area (Å²) in [5, 5.41) is 0. The van der Waals surface area contributed by atoms with Crippen LogP contribution >= 0.6 is 0 Å². The number of hydrogen-bond acceptors (Lipinski definition) is 0. The predicted molar refractivity (Wildman–Crippen MR) is 21.0 cm³/mol. The van der Waals surface area contributed by atoms with Crippen molar-refractivity contribution in [1.82, 2.24) is 0 Å². The van der Waals surface area contributed by atoms with Gasteiger partial charge in [0.15, 0.2) is 0 Å². The molecule has 0 fully saturated rings. The first-order valence-corrected chi connectivity index (χ1v) is 0. The van der Waals surface area contributed by atoms with E-state index in [0.29, 0.717) is 0 Å². The molecule has 0 saturated carbocycles. The second kappa shape index (κ2) is 15.7. The molecule has 0 atom stereocenters. The smallest absolute Gasteiger partial charge is 1.00 e. The minimum atomic E-state index is 0. The molecule has 0 spiro atoms. The first kappa shape index (κ1) is 24.3. The van der Waals surface area contributed by atoms with Gasteiger partial charge < -0.3 is 1.43 Å². The normalized spacial score (nSPS) is 0. The molecule has 0 saturated heterocycles. The molecule has 0 aromatic rings. The molecule has 0 aromatic carbocycles. The van der Waals surface area contributed by atoms with Crippen molar-refractivity contribution in [3.63, 3.8) is 0 Å². The third-order valence-electron chi connectivity index (χ3n) is 0. The largest absolute Gasteiger partial charge is 1.00 e. The van der Waals surface area contributed by atoms with Crippen LogP contribution in [0.3, 0.4) is 0 Å². The van der Waals surface area contributed by atoms with Gasteiger partial charge in [-0.2, -0.15) is 0 Å². The molecule has 0 aromatic heterocycles. The van der Waals surface area contributed by atoms with Gasteiger partial charge in [-0.25, -0.2) is 0 Å². The van der Waals surface area contributed by atoms with Gasteiger partial charge in [-0.05, 0) is 0 Å². The van der Waals surface area contributed by atoms with E-state index in [9.17, 15) is 0 Å².